The van der Waals surface area contributed by atoms with E-state index in [1.165, 1.54) is 34.8 Å². The molecule has 1 aromatic carbocycles. The van der Waals surface area contributed by atoms with Crippen LogP contribution >= 0.6 is 34.3 Å². The number of aryl methyl sites for hydroxylation is 1. The van der Waals surface area contributed by atoms with Crippen LogP contribution in [0.25, 0.3) is 10.1 Å². The van der Waals surface area contributed by atoms with Gasteiger partial charge in [-0.05, 0) is 42.1 Å². The summed E-state index contributed by atoms with van der Waals surface area (Å²) in [7, 11) is 0. The number of fused-ring (bicyclic) bond motifs is 1. The van der Waals surface area contributed by atoms with Gasteiger partial charge in [0.2, 0.25) is 5.78 Å². The van der Waals surface area contributed by atoms with Crippen molar-refractivity contribution in [3.63, 3.8) is 0 Å². The Labute approximate surface area is 122 Å². The van der Waals surface area contributed by atoms with Gasteiger partial charge < -0.3 is 0 Å². The molecule has 1 nitrogen and oxygen atoms in total. The molecule has 3 rings (SSSR count). The van der Waals surface area contributed by atoms with Gasteiger partial charge in [-0.25, -0.2) is 4.39 Å². The van der Waals surface area contributed by atoms with Gasteiger partial charge in [0.15, 0.2) is 0 Å². The van der Waals surface area contributed by atoms with Crippen molar-refractivity contribution in [3.05, 3.63) is 55.8 Å². The van der Waals surface area contributed by atoms with Crippen LogP contribution in [0, 0.1) is 12.7 Å². The minimum atomic E-state index is -0.289. The number of rotatable bonds is 2. The number of halogens is 2. The van der Waals surface area contributed by atoms with Crippen LogP contribution in [0.5, 0.6) is 0 Å². The molecule has 5 heteroatoms. The van der Waals surface area contributed by atoms with Crippen molar-refractivity contribution in [2.75, 3.05) is 0 Å². The second-order valence-electron chi connectivity index (χ2n) is 4.19. The second-order valence-corrected chi connectivity index (χ2v) is 6.93. The molecule has 0 aliphatic rings. The van der Waals surface area contributed by atoms with E-state index < -0.39 is 0 Å². The Morgan fingerprint density at radius 1 is 1.16 bits per heavy atom. The van der Waals surface area contributed by atoms with E-state index >= 15 is 0 Å². The number of carbonyl (C=O) groups excluding carboxylic acids is 1. The molecule has 0 radical (unpaired) electrons. The molecule has 0 N–H and O–H groups in total. The summed E-state index contributed by atoms with van der Waals surface area (Å²) in [5, 5.41) is 0.883. The van der Waals surface area contributed by atoms with Crippen LogP contribution in [0.1, 0.15) is 20.1 Å². The van der Waals surface area contributed by atoms with Gasteiger partial charge in [-0.1, -0.05) is 17.7 Å². The number of thiophene rings is 2. The van der Waals surface area contributed by atoms with E-state index in [0.29, 0.717) is 14.1 Å². The van der Waals surface area contributed by atoms with E-state index in [1.54, 1.807) is 18.2 Å². The summed E-state index contributed by atoms with van der Waals surface area (Å²) in [5.74, 6) is -0.343. The van der Waals surface area contributed by atoms with Gasteiger partial charge in [0.1, 0.15) is 5.82 Å². The van der Waals surface area contributed by atoms with Crippen molar-refractivity contribution >= 4 is 50.1 Å². The summed E-state index contributed by atoms with van der Waals surface area (Å²) in [6.45, 7) is 1.87. The first-order valence-corrected chi connectivity index (χ1v) is 7.55. The Morgan fingerprint density at radius 3 is 2.58 bits per heavy atom. The van der Waals surface area contributed by atoms with Crippen LogP contribution in [0.2, 0.25) is 4.34 Å². The topological polar surface area (TPSA) is 17.1 Å². The van der Waals surface area contributed by atoms with Crippen molar-refractivity contribution in [2.24, 2.45) is 0 Å². The molecule has 0 fully saturated rings. The first-order chi connectivity index (χ1) is 9.04. The molecule has 0 aliphatic carbocycles. The van der Waals surface area contributed by atoms with Gasteiger partial charge in [0, 0.05) is 4.70 Å². The maximum Gasteiger partial charge on any atom is 0.212 e. The third-order valence-electron chi connectivity index (χ3n) is 2.79. The minimum Gasteiger partial charge on any atom is -0.287 e. The molecular formula is C14H8ClFOS2. The normalized spacial score (nSPS) is 11.1. The van der Waals surface area contributed by atoms with Crippen molar-refractivity contribution in [2.45, 2.75) is 6.92 Å². The lowest BCUT2D eigenvalue weighted by Crippen LogP contribution is -1.93. The van der Waals surface area contributed by atoms with E-state index in [2.05, 4.69) is 0 Å². The average Bonchev–Trinajstić information content (AvgIpc) is 2.92. The first-order valence-electron chi connectivity index (χ1n) is 5.54. The number of ketones is 1. The standard InChI is InChI=1S/C14H8ClFOS2/c1-7-4-11(19-14(7)15)13(17)12-5-8-2-3-9(16)6-10(8)18-12/h2-6H,1H3. The summed E-state index contributed by atoms with van der Waals surface area (Å²) < 4.78 is 14.5. The highest BCUT2D eigenvalue weighted by molar-refractivity contribution is 7.23. The van der Waals surface area contributed by atoms with Crippen LogP contribution in [0.15, 0.2) is 30.3 Å². The summed E-state index contributed by atoms with van der Waals surface area (Å²) in [6.07, 6.45) is 0. The van der Waals surface area contributed by atoms with Crippen molar-refractivity contribution in [1.29, 1.82) is 0 Å². The molecule has 96 valence electrons. The predicted octanol–water partition coefficient (Wildman–Crippen LogP) is 5.29. The van der Waals surface area contributed by atoms with Crippen molar-refractivity contribution in [3.8, 4) is 0 Å². The molecule has 2 aromatic heterocycles. The van der Waals surface area contributed by atoms with E-state index in [0.717, 1.165) is 15.6 Å². The van der Waals surface area contributed by atoms with Crippen LogP contribution in [0.3, 0.4) is 0 Å². The van der Waals surface area contributed by atoms with Crippen LogP contribution in [-0.4, -0.2) is 5.78 Å². The molecule has 0 aliphatic heterocycles. The van der Waals surface area contributed by atoms with Gasteiger partial charge in [-0.2, -0.15) is 0 Å². The third-order valence-corrected chi connectivity index (χ3v) is 5.44. The number of hydrogen-bond acceptors (Lipinski definition) is 3. The summed E-state index contributed by atoms with van der Waals surface area (Å²) >= 11 is 8.56. The molecule has 0 amide bonds. The number of carbonyl (C=O) groups is 1. The van der Waals surface area contributed by atoms with Gasteiger partial charge >= 0.3 is 0 Å². The number of hydrogen-bond donors (Lipinski definition) is 0. The monoisotopic (exact) mass is 310 g/mol. The van der Waals surface area contributed by atoms with Crippen LogP contribution < -0.4 is 0 Å². The molecule has 2 heterocycles. The zero-order valence-electron chi connectivity index (χ0n) is 9.87. The highest BCUT2D eigenvalue weighted by Gasteiger charge is 2.16. The lowest BCUT2D eigenvalue weighted by atomic mass is 10.2. The fraction of sp³-hybridized carbons (Fsp3) is 0.0714. The smallest absolute Gasteiger partial charge is 0.212 e. The van der Waals surface area contributed by atoms with Crippen molar-refractivity contribution in [1.82, 2.24) is 0 Å². The molecular weight excluding hydrogens is 303 g/mol. The first kappa shape index (κ1) is 12.8. The summed E-state index contributed by atoms with van der Waals surface area (Å²) in [6, 6.07) is 8.12. The summed E-state index contributed by atoms with van der Waals surface area (Å²) in [5.41, 5.74) is 0.905. The molecule has 3 aromatic rings. The van der Waals surface area contributed by atoms with Crippen molar-refractivity contribution < 1.29 is 9.18 Å². The Balaban J connectivity index is 2.06. The van der Waals surface area contributed by atoms with E-state index in [9.17, 15) is 9.18 Å². The van der Waals surface area contributed by atoms with E-state index in [-0.39, 0.29) is 11.6 Å². The summed E-state index contributed by atoms with van der Waals surface area (Å²) in [4.78, 5) is 13.6. The van der Waals surface area contributed by atoms with E-state index in [4.69, 9.17) is 11.6 Å². The maximum absolute atomic E-state index is 13.1. The lowest BCUT2D eigenvalue weighted by molar-refractivity contribution is 0.104. The molecule has 0 bridgehead atoms. The fourth-order valence-electron chi connectivity index (χ4n) is 1.81. The highest BCUT2D eigenvalue weighted by Crippen LogP contribution is 2.32. The Morgan fingerprint density at radius 2 is 1.89 bits per heavy atom. The quantitative estimate of drug-likeness (QED) is 0.587. The fourth-order valence-corrected chi connectivity index (χ4v) is 4.07. The molecule has 0 spiro atoms. The lowest BCUT2D eigenvalue weighted by Gasteiger charge is -1.90. The highest BCUT2D eigenvalue weighted by atomic mass is 35.5. The van der Waals surface area contributed by atoms with Gasteiger partial charge in [-0.15, -0.1) is 22.7 Å². The molecule has 0 saturated heterocycles. The Kier molecular flexibility index (Phi) is 3.17. The average molecular weight is 311 g/mol. The minimum absolute atomic E-state index is 0.0541. The molecule has 0 saturated carbocycles. The van der Waals surface area contributed by atoms with Crippen LogP contribution in [0.4, 0.5) is 4.39 Å². The Hall–Kier alpha value is -1.23. The molecule has 0 unspecified atom stereocenters. The third kappa shape index (κ3) is 2.31. The van der Waals surface area contributed by atoms with E-state index in [1.807, 2.05) is 6.92 Å². The Bertz CT molecular complexity index is 768. The maximum atomic E-state index is 13.1. The van der Waals surface area contributed by atoms with Gasteiger partial charge in [0.05, 0.1) is 14.1 Å². The largest absolute Gasteiger partial charge is 0.287 e. The van der Waals surface area contributed by atoms with Gasteiger partial charge in [0.25, 0.3) is 0 Å². The zero-order valence-corrected chi connectivity index (χ0v) is 12.3. The zero-order chi connectivity index (χ0) is 13.6. The van der Waals surface area contributed by atoms with Crippen LogP contribution in [-0.2, 0) is 0 Å². The number of benzene rings is 1. The van der Waals surface area contributed by atoms with Gasteiger partial charge in [-0.3, -0.25) is 4.79 Å². The predicted molar refractivity (Wildman–Crippen MR) is 79.3 cm³/mol. The molecule has 19 heavy (non-hydrogen) atoms. The molecule has 0 atom stereocenters. The SMILES string of the molecule is Cc1cc(C(=O)c2cc3ccc(F)cc3s2)sc1Cl. The second kappa shape index (κ2) is 4.71.